The highest BCUT2D eigenvalue weighted by molar-refractivity contribution is 7.99. The van der Waals surface area contributed by atoms with E-state index in [0.29, 0.717) is 36.3 Å². The number of pyridine rings is 1. The van der Waals surface area contributed by atoms with Crippen LogP contribution in [0.4, 0.5) is 24.5 Å². The number of rotatable bonds is 23. The van der Waals surface area contributed by atoms with Crippen molar-refractivity contribution < 1.29 is 52.0 Å². The second-order valence-electron chi connectivity index (χ2n) is 17.5. The van der Waals surface area contributed by atoms with Crippen LogP contribution in [0.25, 0.3) is 11.3 Å². The van der Waals surface area contributed by atoms with Gasteiger partial charge in [0.05, 0.1) is 48.8 Å². The monoisotopic (exact) mass is 951 g/mol. The molecule has 1 aliphatic heterocycles. The lowest BCUT2D eigenvalue weighted by Crippen LogP contribution is -2.42. The Morgan fingerprint density at radius 1 is 0.910 bits per heavy atom. The minimum atomic E-state index is -4.34. The lowest BCUT2D eigenvalue weighted by atomic mass is 10.0. The molecule has 0 radical (unpaired) electrons. The van der Waals surface area contributed by atoms with Crippen molar-refractivity contribution in [2.75, 3.05) is 62.8 Å². The van der Waals surface area contributed by atoms with Crippen LogP contribution in [0.3, 0.4) is 0 Å². The van der Waals surface area contributed by atoms with Crippen LogP contribution < -0.4 is 15.5 Å². The lowest BCUT2D eigenvalue weighted by Gasteiger charge is -2.31. The smallest absolute Gasteiger partial charge is 0.416 e. The van der Waals surface area contributed by atoms with E-state index < -0.39 is 29.9 Å². The first-order chi connectivity index (χ1) is 31.8. The number of nitrogens with zero attached hydrogens (tertiary/aromatic N) is 3. The molecule has 2 heterocycles. The molecule has 4 aromatic rings. The number of piperidine rings is 1. The molecular formula is C50H64F3N5O8S. The Morgan fingerprint density at radius 3 is 2.33 bits per heavy atom. The summed E-state index contributed by atoms with van der Waals surface area (Å²) in [6.07, 6.45) is 2.26. The Hall–Kier alpha value is -5.49. The van der Waals surface area contributed by atoms with Gasteiger partial charge >= 0.3 is 12.1 Å². The van der Waals surface area contributed by atoms with Crippen LogP contribution in [0, 0.1) is 6.92 Å². The number of carbonyl (C=O) groups excluding carboxylic acids is 3. The molecule has 1 saturated heterocycles. The van der Waals surface area contributed by atoms with Gasteiger partial charge in [0, 0.05) is 66.3 Å². The summed E-state index contributed by atoms with van der Waals surface area (Å²) in [5, 5.41) is 23.6. The fourth-order valence-electron chi connectivity index (χ4n) is 7.15. The fraction of sp³-hybridized carbons (Fsp3) is 0.460. The maximum atomic E-state index is 13.7. The van der Waals surface area contributed by atoms with Gasteiger partial charge in [-0.05, 0) is 118 Å². The number of aromatic nitrogens is 1. The third kappa shape index (κ3) is 19.0. The van der Waals surface area contributed by atoms with Gasteiger partial charge in [-0.3, -0.25) is 24.2 Å². The summed E-state index contributed by atoms with van der Waals surface area (Å²) in [6.45, 7) is 12.4. The van der Waals surface area contributed by atoms with Crippen molar-refractivity contribution in [3.05, 3.63) is 113 Å². The molecule has 0 spiro atoms. The van der Waals surface area contributed by atoms with Gasteiger partial charge in [0.15, 0.2) is 0 Å². The molecule has 0 bridgehead atoms. The van der Waals surface area contributed by atoms with Crippen LogP contribution in [-0.4, -0.2) is 107 Å². The zero-order chi connectivity index (χ0) is 49.0. The maximum absolute atomic E-state index is 13.7. The van der Waals surface area contributed by atoms with Gasteiger partial charge in [0.1, 0.15) is 6.54 Å². The Kier molecular flexibility index (Phi) is 21.1. The first-order valence-corrected chi connectivity index (χ1v) is 23.3. The predicted molar refractivity (Wildman–Crippen MR) is 256 cm³/mol. The number of carboxylic acid groups (broad SMARTS) is 1. The van der Waals surface area contributed by atoms with Crippen LogP contribution in [-0.2, 0) is 42.3 Å². The van der Waals surface area contributed by atoms with Crippen LogP contribution in [0.1, 0.15) is 92.4 Å². The van der Waals surface area contributed by atoms with Gasteiger partial charge in [0.2, 0.25) is 12.3 Å². The Bertz CT molecular complexity index is 2240. The first-order valence-electron chi connectivity index (χ1n) is 22.3. The summed E-state index contributed by atoms with van der Waals surface area (Å²) in [7, 11) is 0. The number of nitrogens with one attached hydrogen (secondary N) is 2. The molecular weight excluding hydrogens is 888 g/mol. The van der Waals surface area contributed by atoms with Gasteiger partial charge in [-0.15, -0.1) is 0 Å². The van der Waals surface area contributed by atoms with Crippen molar-refractivity contribution in [1.82, 2.24) is 15.2 Å². The normalized spacial score (nSPS) is 13.0. The van der Waals surface area contributed by atoms with Gasteiger partial charge < -0.3 is 40.1 Å². The molecule has 1 aromatic heterocycles. The van der Waals surface area contributed by atoms with E-state index in [1.54, 1.807) is 18.0 Å². The Balaban J connectivity index is 0.000000597. The van der Waals surface area contributed by atoms with Crippen LogP contribution in [0.2, 0.25) is 0 Å². The number of aryl methyl sites for hydroxylation is 1. The second kappa shape index (κ2) is 26.2. The number of halogens is 3. The molecule has 1 aliphatic rings. The number of benzene rings is 3. The molecule has 0 unspecified atom stereocenters. The summed E-state index contributed by atoms with van der Waals surface area (Å²) in [5.74, 6) is -0.922. The highest BCUT2D eigenvalue weighted by atomic mass is 32.2. The zero-order valence-electron chi connectivity index (χ0n) is 39.0. The number of hydrogen-bond acceptors (Lipinski definition) is 10. The first kappa shape index (κ1) is 54.1. The van der Waals surface area contributed by atoms with Crippen molar-refractivity contribution in [3.63, 3.8) is 0 Å². The number of hydrogen-bond donors (Lipinski definition) is 4. The molecule has 0 saturated carbocycles. The lowest BCUT2D eigenvalue weighted by molar-refractivity contribution is -0.148. The number of ether oxygens (including phenoxy) is 2. The average Bonchev–Trinajstić information content (AvgIpc) is 3.28. The topological polar surface area (TPSA) is 171 Å². The van der Waals surface area contributed by atoms with Gasteiger partial charge in [-0.1, -0.05) is 38.1 Å². The zero-order valence-corrected chi connectivity index (χ0v) is 39.8. The summed E-state index contributed by atoms with van der Waals surface area (Å²) in [5.41, 5.74) is 5.22. The van der Waals surface area contributed by atoms with Crippen molar-refractivity contribution in [3.8, 4) is 11.3 Å². The predicted octanol–water partition coefficient (Wildman–Crippen LogP) is 8.76. The van der Waals surface area contributed by atoms with Crippen molar-refractivity contribution in [2.24, 2.45) is 0 Å². The number of aliphatic carboxylic acids is 1. The molecule has 3 aromatic carbocycles. The van der Waals surface area contributed by atoms with Gasteiger partial charge in [-0.25, -0.2) is 0 Å². The van der Waals surface area contributed by atoms with E-state index in [0.717, 1.165) is 59.0 Å². The Labute approximate surface area is 395 Å². The fourth-order valence-corrected chi connectivity index (χ4v) is 8.11. The third-order valence-electron chi connectivity index (χ3n) is 10.8. The third-order valence-corrected chi connectivity index (χ3v) is 12.3. The number of anilines is 2. The number of aliphatic hydroxyl groups is 1. The molecule has 4 N–H and O–H groups in total. The molecule has 17 heteroatoms. The maximum Gasteiger partial charge on any atom is 0.416 e. The minimum absolute atomic E-state index is 0.0221. The van der Waals surface area contributed by atoms with E-state index in [4.69, 9.17) is 14.6 Å². The van der Waals surface area contributed by atoms with E-state index in [9.17, 15) is 37.5 Å². The van der Waals surface area contributed by atoms with Crippen molar-refractivity contribution in [1.29, 1.82) is 0 Å². The van der Waals surface area contributed by atoms with E-state index in [2.05, 4.69) is 46.5 Å². The number of carboxylic acids is 1. The van der Waals surface area contributed by atoms with Gasteiger partial charge in [-0.2, -0.15) is 24.9 Å². The second-order valence-corrected chi connectivity index (χ2v) is 19.2. The summed E-state index contributed by atoms with van der Waals surface area (Å²) in [4.78, 5) is 56.2. The van der Waals surface area contributed by atoms with Crippen LogP contribution in [0.15, 0.2) is 85.1 Å². The van der Waals surface area contributed by atoms with Crippen LogP contribution >= 0.6 is 11.8 Å². The standard InChI is InChI=1S/C41H56N4O7S.C9H8F3NO/c1-30-14-16-42-36(24-30)34-26-33(44-17-7-6-8-18-44)12-13-35(34)43-39(50)32-11-9-10-31(25-32)29-53-41(4,5)15-21-52-40(2,3)27-37(47)45(28-38(48)49)19-22-51-23-20-46;10-9(11,12)8-3-1-2-7(4-8)5-13-6-14/h9-14,16,24-26,46H,6-8,15,17-23,27-29H2,1-5H3,(H,43,50)(H,48,49);1-4,6H,5H2,(H,13,14). The number of carbonyl (C=O) groups is 4. The highest BCUT2D eigenvalue weighted by Gasteiger charge is 2.31. The molecule has 0 atom stereocenters. The van der Waals surface area contributed by atoms with Gasteiger partial charge in [0.25, 0.3) is 5.91 Å². The Morgan fingerprint density at radius 2 is 1.64 bits per heavy atom. The molecule has 1 fully saturated rings. The molecule has 13 nitrogen and oxygen atoms in total. The number of aliphatic hydroxyl groups excluding tert-OH is 1. The van der Waals surface area contributed by atoms with Crippen molar-refractivity contribution >= 4 is 47.3 Å². The van der Waals surface area contributed by atoms with E-state index in [-0.39, 0.29) is 55.9 Å². The average molecular weight is 952 g/mol. The number of alkyl halides is 3. The highest BCUT2D eigenvalue weighted by Crippen LogP contribution is 2.35. The summed E-state index contributed by atoms with van der Waals surface area (Å²) in [6, 6.07) is 22.8. The van der Waals surface area contributed by atoms with E-state index in [1.807, 2.05) is 63.2 Å². The van der Waals surface area contributed by atoms with Crippen molar-refractivity contribution in [2.45, 2.75) is 95.5 Å². The molecule has 67 heavy (non-hydrogen) atoms. The molecule has 0 aliphatic carbocycles. The molecule has 3 amide bonds. The quantitative estimate of drug-likeness (QED) is 0.0414. The summed E-state index contributed by atoms with van der Waals surface area (Å²) >= 11 is 1.76. The number of amides is 3. The largest absolute Gasteiger partial charge is 0.480 e. The molecule has 364 valence electrons. The number of thioether (sulfide) groups is 1. The summed E-state index contributed by atoms with van der Waals surface area (Å²) < 4.78 is 47.8. The molecule has 5 rings (SSSR count). The van der Waals surface area contributed by atoms with E-state index >= 15 is 0 Å². The minimum Gasteiger partial charge on any atom is -0.480 e. The van der Waals surface area contributed by atoms with E-state index in [1.165, 1.54) is 36.3 Å². The van der Waals surface area contributed by atoms with Crippen LogP contribution in [0.5, 0.6) is 0 Å². The SMILES string of the molecule is Cc1ccnc(-c2cc(N3CCCCC3)ccc2NC(=O)c2cccc(CSC(C)(C)CCOC(C)(C)CC(=O)N(CCOCCO)CC(=O)O)c2)c1.O=CNCc1cccc(C(F)(F)F)c1.